The van der Waals surface area contributed by atoms with Gasteiger partial charge in [-0.05, 0) is 53.9 Å². The molecular formula is C29H29ClN2O4S. The minimum atomic E-state index is -3.86. The Morgan fingerprint density at radius 2 is 1.49 bits per heavy atom. The zero-order valence-corrected chi connectivity index (χ0v) is 21.9. The number of rotatable bonds is 12. The molecule has 0 saturated carbocycles. The lowest BCUT2D eigenvalue weighted by Crippen LogP contribution is -2.35. The van der Waals surface area contributed by atoms with Crippen molar-refractivity contribution in [2.45, 2.75) is 30.2 Å². The van der Waals surface area contributed by atoms with Crippen molar-refractivity contribution in [3.05, 3.63) is 125 Å². The Balaban J connectivity index is 1.39. The van der Waals surface area contributed by atoms with Crippen LogP contribution in [0.2, 0.25) is 5.02 Å². The van der Waals surface area contributed by atoms with Crippen molar-refractivity contribution in [1.82, 2.24) is 9.62 Å². The number of nitrogens with zero attached hydrogens (tertiary/aromatic N) is 1. The first-order chi connectivity index (χ1) is 17.9. The number of hydrogen-bond acceptors (Lipinski definition) is 4. The van der Waals surface area contributed by atoms with E-state index < -0.39 is 10.0 Å². The van der Waals surface area contributed by atoms with E-state index in [4.69, 9.17) is 16.0 Å². The maximum Gasteiger partial charge on any atom is 0.243 e. The fourth-order valence-corrected chi connectivity index (χ4v) is 5.72. The van der Waals surface area contributed by atoms with E-state index in [9.17, 15) is 13.2 Å². The third-order valence-electron chi connectivity index (χ3n) is 6.11. The molecule has 4 rings (SSSR count). The van der Waals surface area contributed by atoms with E-state index in [-0.39, 0.29) is 36.2 Å². The average molecular weight is 537 g/mol. The minimum absolute atomic E-state index is 0.0122. The molecule has 0 atom stereocenters. The molecule has 0 aliphatic rings. The van der Waals surface area contributed by atoms with Gasteiger partial charge < -0.3 is 9.73 Å². The summed E-state index contributed by atoms with van der Waals surface area (Å²) in [5, 5.41) is 3.41. The standard InChI is InChI=1S/C29H29ClN2O4S/c30-25-13-15-27(16-14-25)37(34,35)32(22-26-12-7-21-36-26)20-18-29(33)31-19-17-28(23-8-3-1-4-9-23)24-10-5-2-6-11-24/h1-16,21,28H,17-20,22H2,(H,31,33). The molecule has 1 N–H and O–H groups in total. The fourth-order valence-electron chi connectivity index (χ4n) is 4.18. The highest BCUT2D eigenvalue weighted by molar-refractivity contribution is 7.89. The zero-order chi connectivity index (χ0) is 26.1. The van der Waals surface area contributed by atoms with Crippen LogP contribution in [-0.2, 0) is 21.4 Å². The van der Waals surface area contributed by atoms with E-state index in [0.29, 0.717) is 17.3 Å². The maximum atomic E-state index is 13.3. The highest BCUT2D eigenvalue weighted by atomic mass is 35.5. The highest BCUT2D eigenvalue weighted by Crippen LogP contribution is 2.27. The van der Waals surface area contributed by atoms with E-state index in [1.807, 2.05) is 36.4 Å². The van der Waals surface area contributed by atoms with Crippen LogP contribution in [0.3, 0.4) is 0 Å². The number of furan rings is 1. The van der Waals surface area contributed by atoms with Crippen LogP contribution in [0.1, 0.15) is 35.6 Å². The van der Waals surface area contributed by atoms with Crippen LogP contribution in [0.25, 0.3) is 0 Å². The van der Waals surface area contributed by atoms with Crippen molar-refractivity contribution in [1.29, 1.82) is 0 Å². The Labute approximate surface area is 222 Å². The predicted molar refractivity (Wildman–Crippen MR) is 145 cm³/mol. The Hall–Kier alpha value is -3.39. The normalized spacial score (nSPS) is 11.6. The van der Waals surface area contributed by atoms with Crippen LogP contribution >= 0.6 is 11.6 Å². The summed E-state index contributed by atoms with van der Waals surface area (Å²) < 4.78 is 33.2. The van der Waals surface area contributed by atoms with Crippen molar-refractivity contribution in [2.75, 3.05) is 13.1 Å². The van der Waals surface area contributed by atoms with Gasteiger partial charge in [0.1, 0.15) is 5.76 Å². The minimum Gasteiger partial charge on any atom is -0.468 e. The van der Waals surface area contributed by atoms with Crippen molar-refractivity contribution in [3.8, 4) is 0 Å². The second kappa shape index (κ2) is 12.7. The number of hydrogen-bond donors (Lipinski definition) is 1. The molecule has 0 aliphatic carbocycles. The third kappa shape index (κ3) is 7.32. The third-order valence-corrected chi connectivity index (χ3v) is 8.22. The molecule has 0 fully saturated rings. The number of halogens is 1. The number of benzene rings is 3. The molecule has 4 aromatic rings. The molecule has 0 spiro atoms. The largest absolute Gasteiger partial charge is 0.468 e. The average Bonchev–Trinajstić information content (AvgIpc) is 3.43. The van der Waals surface area contributed by atoms with E-state index in [1.165, 1.54) is 46.0 Å². The molecule has 0 saturated heterocycles. The number of carbonyl (C=O) groups excluding carboxylic acids is 1. The van der Waals surface area contributed by atoms with Gasteiger partial charge in [-0.25, -0.2) is 8.42 Å². The number of nitrogens with one attached hydrogen (secondary N) is 1. The quantitative estimate of drug-likeness (QED) is 0.246. The van der Waals surface area contributed by atoms with Crippen LogP contribution in [0.4, 0.5) is 0 Å². The molecule has 192 valence electrons. The summed E-state index contributed by atoms with van der Waals surface area (Å²) in [7, 11) is -3.86. The Morgan fingerprint density at radius 3 is 2.05 bits per heavy atom. The second-order valence-corrected chi connectivity index (χ2v) is 11.0. The monoisotopic (exact) mass is 536 g/mol. The summed E-state index contributed by atoms with van der Waals surface area (Å²) in [4.78, 5) is 12.8. The first-order valence-corrected chi connectivity index (χ1v) is 13.9. The van der Waals surface area contributed by atoms with Crippen LogP contribution < -0.4 is 5.32 Å². The summed E-state index contributed by atoms with van der Waals surface area (Å²) in [6.45, 7) is 0.503. The second-order valence-electron chi connectivity index (χ2n) is 8.63. The summed E-state index contributed by atoms with van der Waals surface area (Å²) >= 11 is 5.93. The molecule has 1 amide bonds. The molecule has 0 aliphatic heterocycles. The van der Waals surface area contributed by atoms with Gasteiger partial charge in [-0.2, -0.15) is 4.31 Å². The van der Waals surface area contributed by atoms with Crippen molar-refractivity contribution in [2.24, 2.45) is 0 Å². The number of amides is 1. The molecule has 0 unspecified atom stereocenters. The van der Waals surface area contributed by atoms with Gasteiger partial charge in [-0.1, -0.05) is 72.3 Å². The summed E-state index contributed by atoms with van der Waals surface area (Å²) in [5.74, 6) is 0.422. The van der Waals surface area contributed by atoms with E-state index >= 15 is 0 Å². The lowest BCUT2D eigenvalue weighted by molar-refractivity contribution is -0.121. The molecular weight excluding hydrogens is 508 g/mol. The maximum absolute atomic E-state index is 13.3. The first-order valence-electron chi connectivity index (χ1n) is 12.1. The van der Waals surface area contributed by atoms with Gasteiger partial charge in [0.15, 0.2) is 0 Å². The summed E-state index contributed by atoms with van der Waals surface area (Å²) in [5.41, 5.74) is 2.36. The smallest absolute Gasteiger partial charge is 0.243 e. The van der Waals surface area contributed by atoms with Gasteiger partial charge in [-0.15, -0.1) is 0 Å². The molecule has 0 bridgehead atoms. The molecule has 3 aromatic carbocycles. The van der Waals surface area contributed by atoms with Crippen LogP contribution in [-0.4, -0.2) is 31.7 Å². The van der Waals surface area contributed by atoms with E-state index in [0.717, 1.165) is 6.42 Å². The van der Waals surface area contributed by atoms with Gasteiger partial charge in [0.05, 0.1) is 17.7 Å². The van der Waals surface area contributed by atoms with Crippen LogP contribution in [0, 0.1) is 0 Å². The lowest BCUT2D eigenvalue weighted by atomic mass is 9.88. The number of carbonyl (C=O) groups is 1. The number of sulfonamides is 1. The zero-order valence-electron chi connectivity index (χ0n) is 20.3. The molecule has 0 radical (unpaired) electrons. The highest BCUT2D eigenvalue weighted by Gasteiger charge is 2.26. The molecule has 37 heavy (non-hydrogen) atoms. The van der Waals surface area contributed by atoms with Gasteiger partial charge >= 0.3 is 0 Å². The van der Waals surface area contributed by atoms with Gasteiger partial charge in [0.2, 0.25) is 15.9 Å². The van der Waals surface area contributed by atoms with Gasteiger partial charge in [-0.3, -0.25) is 4.79 Å². The Kier molecular flexibility index (Phi) is 9.17. The van der Waals surface area contributed by atoms with Gasteiger partial charge in [0.25, 0.3) is 0 Å². The first kappa shape index (κ1) is 26.7. The van der Waals surface area contributed by atoms with E-state index in [1.54, 1.807) is 12.1 Å². The Bertz CT molecular complexity index is 1320. The fraction of sp³-hybridized carbons (Fsp3) is 0.207. The molecule has 6 nitrogen and oxygen atoms in total. The topological polar surface area (TPSA) is 79.6 Å². The van der Waals surface area contributed by atoms with Crippen molar-refractivity contribution in [3.63, 3.8) is 0 Å². The molecule has 8 heteroatoms. The summed E-state index contributed by atoms with van der Waals surface area (Å²) in [6.07, 6.45) is 2.23. The Morgan fingerprint density at radius 1 is 0.865 bits per heavy atom. The molecule has 1 aromatic heterocycles. The molecule has 1 heterocycles. The lowest BCUT2D eigenvalue weighted by Gasteiger charge is -2.22. The van der Waals surface area contributed by atoms with E-state index in [2.05, 4.69) is 29.6 Å². The van der Waals surface area contributed by atoms with Crippen LogP contribution in [0.15, 0.2) is 113 Å². The summed E-state index contributed by atoms with van der Waals surface area (Å²) in [6, 6.07) is 29.8. The predicted octanol–water partition coefficient (Wildman–Crippen LogP) is 5.85. The van der Waals surface area contributed by atoms with Gasteiger partial charge in [0, 0.05) is 30.5 Å². The van der Waals surface area contributed by atoms with Crippen molar-refractivity contribution < 1.29 is 17.6 Å². The van der Waals surface area contributed by atoms with Crippen LogP contribution in [0.5, 0.6) is 0 Å². The SMILES string of the molecule is O=C(CCN(Cc1ccco1)S(=O)(=O)c1ccc(Cl)cc1)NCCC(c1ccccc1)c1ccccc1. The van der Waals surface area contributed by atoms with Crippen molar-refractivity contribution >= 4 is 27.5 Å².